The van der Waals surface area contributed by atoms with Crippen molar-refractivity contribution in [1.29, 1.82) is 5.26 Å². The fourth-order valence-electron chi connectivity index (χ4n) is 2.28. The molecule has 3 rings (SSSR count). The lowest BCUT2D eigenvalue weighted by Gasteiger charge is -2.11. The van der Waals surface area contributed by atoms with Gasteiger partial charge in [-0.1, -0.05) is 35.9 Å². The van der Waals surface area contributed by atoms with Crippen molar-refractivity contribution in [3.63, 3.8) is 0 Å². The lowest BCUT2D eigenvalue weighted by molar-refractivity contribution is -0.137. The van der Waals surface area contributed by atoms with E-state index in [9.17, 15) is 18.4 Å². The molecule has 3 aromatic rings. The average Bonchev–Trinajstić information content (AvgIpc) is 2.63. The van der Waals surface area contributed by atoms with E-state index in [0.717, 1.165) is 12.1 Å². The largest absolute Gasteiger partial charge is 0.436 e. The predicted octanol–water partition coefficient (Wildman–Crippen LogP) is 6.08. The van der Waals surface area contributed by atoms with E-state index in [0.29, 0.717) is 21.9 Å². The first-order chi connectivity index (χ1) is 12.4. The number of hydrogen-bond acceptors (Lipinski definition) is 3. The minimum atomic E-state index is -4.45. The summed E-state index contributed by atoms with van der Waals surface area (Å²) >= 11 is 6.01. The number of rotatable bonds is 3. The number of ether oxygens (including phenoxy) is 1. The van der Waals surface area contributed by atoms with Gasteiger partial charge >= 0.3 is 6.18 Å². The van der Waals surface area contributed by atoms with Crippen LogP contribution in [0, 0.1) is 11.3 Å². The van der Waals surface area contributed by atoms with Gasteiger partial charge in [-0.2, -0.15) is 18.4 Å². The molecule has 0 aliphatic rings. The number of nitriles is 1. The smallest absolute Gasteiger partial charge is 0.416 e. The minimum absolute atomic E-state index is 0.0244. The fraction of sp³-hybridized carbons (Fsp3) is 0.0526. The van der Waals surface area contributed by atoms with E-state index < -0.39 is 11.7 Å². The molecule has 0 atom stereocenters. The maximum absolute atomic E-state index is 12.9. The zero-order chi connectivity index (χ0) is 18.7. The van der Waals surface area contributed by atoms with Crippen molar-refractivity contribution in [2.45, 2.75) is 6.18 Å². The number of hydrogen-bond donors (Lipinski definition) is 0. The Morgan fingerprint density at radius 2 is 1.77 bits per heavy atom. The molecule has 0 fully saturated rings. The van der Waals surface area contributed by atoms with Crippen LogP contribution in [-0.2, 0) is 6.18 Å². The molecule has 130 valence electrons. The van der Waals surface area contributed by atoms with E-state index >= 15 is 0 Å². The standard InChI is InChI=1S/C19H10ClF3N2O/c20-16-6-1-2-7-17(16)26-18-13(10-24)8-14(11-25-18)12-4-3-5-15(9-12)19(21,22)23/h1-9,11H. The van der Waals surface area contributed by atoms with Gasteiger partial charge in [-0.25, -0.2) is 4.98 Å². The predicted molar refractivity (Wildman–Crippen MR) is 90.9 cm³/mol. The molecule has 0 saturated heterocycles. The van der Waals surface area contributed by atoms with E-state index in [1.807, 2.05) is 6.07 Å². The van der Waals surface area contributed by atoms with Gasteiger partial charge in [-0.15, -0.1) is 0 Å². The first-order valence-electron chi connectivity index (χ1n) is 7.38. The van der Waals surface area contributed by atoms with Gasteiger partial charge in [0.05, 0.1) is 10.6 Å². The minimum Gasteiger partial charge on any atom is -0.436 e. The van der Waals surface area contributed by atoms with Crippen LogP contribution in [0.15, 0.2) is 60.8 Å². The molecule has 2 aromatic carbocycles. The van der Waals surface area contributed by atoms with Crippen LogP contribution in [0.4, 0.5) is 13.2 Å². The topological polar surface area (TPSA) is 45.9 Å². The van der Waals surface area contributed by atoms with Crippen LogP contribution in [0.25, 0.3) is 11.1 Å². The van der Waals surface area contributed by atoms with Crippen LogP contribution in [0.3, 0.4) is 0 Å². The molecule has 0 spiro atoms. The SMILES string of the molecule is N#Cc1cc(-c2cccc(C(F)(F)F)c2)cnc1Oc1ccccc1Cl. The molecule has 3 nitrogen and oxygen atoms in total. The van der Waals surface area contributed by atoms with Gasteiger partial charge in [0.2, 0.25) is 5.88 Å². The molecule has 0 bridgehead atoms. The van der Waals surface area contributed by atoms with Gasteiger partial charge in [0.15, 0.2) is 0 Å². The fourth-order valence-corrected chi connectivity index (χ4v) is 2.45. The van der Waals surface area contributed by atoms with Crippen LogP contribution in [0.2, 0.25) is 5.02 Å². The third-order valence-electron chi connectivity index (χ3n) is 3.54. The Bertz CT molecular complexity index is 997. The van der Waals surface area contributed by atoms with Gasteiger partial charge in [0, 0.05) is 11.8 Å². The zero-order valence-corrected chi connectivity index (χ0v) is 13.8. The summed E-state index contributed by atoms with van der Waals surface area (Å²) in [6.45, 7) is 0. The van der Waals surface area contributed by atoms with E-state index in [1.165, 1.54) is 24.4 Å². The monoisotopic (exact) mass is 374 g/mol. The average molecular weight is 375 g/mol. The first-order valence-corrected chi connectivity index (χ1v) is 7.76. The highest BCUT2D eigenvalue weighted by Gasteiger charge is 2.30. The molecule has 0 aliphatic carbocycles. The van der Waals surface area contributed by atoms with Crippen LogP contribution in [-0.4, -0.2) is 4.98 Å². The number of benzene rings is 2. The molecule has 1 aromatic heterocycles. The summed E-state index contributed by atoms with van der Waals surface area (Å²) in [6.07, 6.45) is -3.10. The summed E-state index contributed by atoms with van der Waals surface area (Å²) in [4.78, 5) is 4.07. The quantitative estimate of drug-likeness (QED) is 0.557. The zero-order valence-electron chi connectivity index (χ0n) is 13.1. The molecular formula is C19H10ClF3N2O. The molecule has 7 heteroatoms. The van der Waals surface area contributed by atoms with Gasteiger partial charge in [-0.05, 0) is 35.9 Å². The highest BCUT2D eigenvalue weighted by atomic mass is 35.5. The number of alkyl halides is 3. The number of aromatic nitrogens is 1. The number of pyridine rings is 1. The molecular weight excluding hydrogens is 365 g/mol. The van der Waals surface area contributed by atoms with Crippen molar-refractivity contribution in [3.05, 3.63) is 76.9 Å². The molecule has 0 saturated carbocycles. The normalized spacial score (nSPS) is 11.0. The van der Waals surface area contributed by atoms with Crippen molar-refractivity contribution in [2.24, 2.45) is 0 Å². The molecule has 1 heterocycles. The second-order valence-electron chi connectivity index (χ2n) is 5.30. The van der Waals surface area contributed by atoms with Crippen LogP contribution < -0.4 is 4.74 Å². The lowest BCUT2D eigenvalue weighted by Crippen LogP contribution is -2.04. The first kappa shape index (κ1) is 17.8. The lowest BCUT2D eigenvalue weighted by atomic mass is 10.0. The van der Waals surface area contributed by atoms with Gasteiger partial charge in [0.25, 0.3) is 0 Å². The van der Waals surface area contributed by atoms with Crippen molar-refractivity contribution in [3.8, 4) is 28.8 Å². The van der Waals surface area contributed by atoms with Gasteiger partial charge < -0.3 is 4.74 Å². The third kappa shape index (κ3) is 3.79. The Labute approximate surface area is 152 Å². The number of halogens is 4. The summed E-state index contributed by atoms with van der Waals surface area (Å²) in [6, 6.07) is 14.9. The maximum Gasteiger partial charge on any atom is 0.416 e. The summed E-state index contributed by atoms with van der Waals surface area (Å²) in [7, 11) is 0. The van der Waals surface area contributed by atoms with E-state index in [2.05, 4.69) is 4.98 Å². The van der Waals surface area contributed by atoms with Crippen LogP contribution >= 0.6 is 11.6 Å². The molecule has 0 radical (unpaired) electrons. The number of nitrogens with zero attached hydrogens (tertiary/aromatic N) is 2. The Hall–Kier alpha value is -3.04. The molecule has 0 N–H and O–H groups in total. The van der Waals surface area contributed by atoms with E-state index in [1.54, 1.807) is 24.3 Å². The molecule has 0 unspecified atom stereocenters. The van der Waals surface area contributed by atoms with Crippen molar-refractivity contribution in [1.82, 2.24) is 4.98 Å². The highest BCUT2D eigenvalue weighted by molar-refractivity contribution is 6.32. The Morgan fingerprint density at radius 1 is 1.00 bits per heavy atom. The summed E-state index contributed by atoms with van der Waals surface area (Å²) < 4.78 is 44.2. The van der Waals surface area contributed by atoms with E-state index in [-0.39, 0.29) is 11.4 Å². The second-order valence-corrected chi connectivity index (χ2v) is 5.71. The third-order valence-corrected chi connectivity index (χ3v) is 3.85. The Kier molecular flexibility index (Phi) is 4.83. The van der Waals surface area contributed by atoms with Crippen LogP contribution in [0.5, 0.6) is 11.6 Å². The van der Waals surface area contributed by atoms with Crippen molar-refractivity contribution < 1.29 is 17.9 Å². The molecule has 0 aliphatic heterocycles. The summed E-state index contributed by atoms with van der Waals surface area (Å²) in [5.74, 6) is 0.348. The second kappa shape index (κ2) is 7.06. The Balaban J connectivity index is 1.98. The summed E-state index contributed by atoms with van der Waals surface area (Å²) in [5.41, 5.74) is -0.0167. The van der Waals surface area contributed by atoms with Gasteiger partial charge in [-0.3, -0.25) is 0 Å². The van der Waals surface area contributed by atoms with E-state index in [4.69, 9.17) is 16.3 Å². The van der Waals surface area contributed by atoms with Crippen LogP contribution in [0.1, 0.15) is 11.1 Å². The highest BCUT2D eigenvalue weighted by Crippen LogP contribution is 2.34. The maximum atomic E-state index is 12.9. The number of para-hydroxylation sites is 1. The molecule has 26 heavy (non-hydrogen) atoms. The van der Waals surface area contributed by atoms with Gasteiger partial charge in [0.1, 0.15) is 17.4 Å². The Morgan fingerprint density at radius 3 is 2.46 bits per heavy atom. The molecule has 0 amide bonds. The van der Waals surface area contributed by atoms with Crippen molar-refractivity contribution >= 4 is 11.6 Å². The van der Waals surface area contributed by atoms with Crippen molar-refractivity contribution in [2.75, 3.05) is 0 Å². The summed E-state index contributed by atoms with van der Waals surface area (Å²) in [5, 5.41) is 9.69.